The van der Waals surface area contributed by atoms with Crippen molar-refractivity contribution < 1.29 is 19.4 Å². The minimum absolute atomic E-state index is 0.0881. The van der Waals surface area contributed by atoms with Crippen LogP contribution in [-0.2, 0) is 9.59 Å². The molecule has 0 spiro atoms. The molecule has 2 atom stereocenters. The molecule has 108 valence electrons. The molecule has 0 saturated carbocycles. The summed E-state index contributed by atoms with van der Waals surface area (Å²) in [4.78, 5) is 24.6. The van der Waals surface area contributed by atoms with E-state index in [-0.39, 0.29) is 24.9 Å². The van der Waals surface area contributed by atoms with Crippen molar-refractivity contribution in [3.05, 3.63) is 29.8 Å². The highest BCUT2D eigenvalue weighted by Gasteiger charge is 2.36. The van der Waals surface area contributed by atoms with E-state index in [0.717, 1.165) is 11.3 Å². The maximum absolute atomic E-state index is 11.9. The van der Waals surface area contributed by atoms with Crippen molar-refractivity contribution in [2.24, 2.45) is 5.92 Å². The van der Waals surface area contributed by atoms with Crippen LogP contribution in [0.25, 0.3) is 0 Å². The topological polar surface area (TPSA) is 66.8 Å². The van der Waals surface area contributed by atoms with Crippen molar-refractivity contribution in [2.45, 2.75) is 26.3 Å². The first-order valence-corrected chi connectivity index (χ1v) is 6.78. The molecule has 0 bridgehead atoms. The van der Waals surface area contributed by atoms with Crippen molar-refractivity contribution in [3.63, 3.8) is 0 Å². The molecule has 20 heavy (non-hydrogen) atoms. The first-order chi connectivity index (χ1) is 9.52. The monoisotopic (exact) mass is 277 g/mol. The average Bonchev–Trinajstić information content (AvgIpc) is 2.81. The van der Waals surface area contributed by atoms with E-state index in [2.05, 4.69) is 0 Å². The Morgan fingerprint density at radius 1 is 1.55 bits per heavy atom. The molecule has 1 saturated heterocycles. The molecule has 1 fully saturated rings. The second-order valence-electron chi connectivity index (χ2n) is 4.97. The predicted molar refractivity (Wildman–Crippen MR) is 73.5 cm³/mol. The molecular weight excluding hydrogens is 258 g/mol. The average molecular weight is 277 g/mol. The highest BCUT2D eigenvalue weighted by atomic mass is 16.5. The van der Waals surface area contributed by atoms with Crippen molar-refractivity contribution >= 4 is 11.9 Å². The zero-order valence-corrected chi connectivity index (χ0v) is 11.7. The quantitative estimate of drug-likeness (QED) is 0.894. The Bertz CT molecular complexity index is 514. The summed E-state index contributed by atoms with van der Waals surface area (Å²) in [5, 5.41) is 9.02. The molecule has 5 heteroatoms. The Morgan fingerprint density at radius 2 is 2.30 bits per heavy atom. The predicted octanol–water partition coefficient (Wildman–Crippen LogP) is 2.08. The SMILES string of the molecule is CCOc1cccc(C(C)N2CC(C(=O)O)CC2=O)c1. The maximum atomic E-state index is 11.9. The van der Waals surface area contributed by atoms with Gasteiger partial charge < -0.3 is 14.7 Å². The summed E-state index contributed by atoms with van der Waals surface area (Å²) in [7, 11) is 0. The minimum Gasteiger partial charge on any atom is -0.494 e. The van der Waals surface area contributed by atoms with Crippen LogP contribution in [0.2, 0.25) is 0 Å². The number of aliphatic carboxylic acids is 1. The Balaban J connectivity index is 2.15. The zero-order valence-electron chi connectivity index (χ0n) is 11.7. The Morgan fingerprint density at radius 3 is 2.90 bits per heavy atom. The summed E-state index contributed by atoms with van der Waals surface area (Å²) < 4.78 is 5.45. The number of likely N-dealkylation sites (tertiary alicyclic amines) is 1. The van der Waals surface area contributed by atoms with Crippen LogP contribution in [0.15, 0.2) is 24.3 Å². The highest BCUT2D eigenvalue weighted by Crippen LogP contribution is 2.30. The van der Waals surface area contributed by atoms with Crippen LogP contribution in [0.3, 0.4) is 0 Å². The fourth-order valence-electron chi connectivity index (χ4n) is 2.48. The number of benzene rings is 1. The number of hydrogen-bond acceptors (Lipinski definition) is 3. The van der Waals surface area contributed by atoms with Gasteiger partial charge in [-0.15, -0.1) is 0 Å². The van der Waals surface area contributed by atoms with Crippen LogP contribution >= 0.6 is 0 Å². The first-order valence-electron chi connectivity index (χ1n) is 6.78. The van der Waals surface area contributed by atoms with Crippen molar-refractivity contribution in [1.82, 2.24) is 4.90 Å². The van der Waals surface area contributed by atoms with Gasteiger partial charge in [0.15, 0.2) is 0 Å². The molecule has 1 aliphatic heterocycles. The van der Waals surface area contributed by atoms with Crippen LogP contribution < -0.4 is 4.74 Å². The van der Waals surface area contributed by atoms with E-state index in [4.69, 9.17) is 9.84 Å². The molecule has 2 rings (SSSR count). The van der Waals surface area contributed by atoms with Crippen LogP contribution in [0.4, 0.5) is 0 Å². The smallest absolute Gasteiger partial charge is 0.308 e. The molecule has 1 aromatic carbocycles. The Labute approximate surface area is 118 Å². The van der Waals surface area contributed by atoms with Crippen LogP contribution in [-0.4, -0.2) is 35.0 Å². The third kappa shape index (κ3) is 2.92. The molecule has 0 aromatic heterocycles. The fraction of sp³-hybridized carbons (Fsp3) is 0.467. The third-order valence-corrected chi connectivity index (χ3v) is 3.63. The van der Waals surface area contributed by atoms with Crippen molar-refractivity contribution in [1.29, 1.82) is 0 Å². The summed E-state index contributed by atoms with van der Waals surface area (Å²) in [5.74, 6) is -0.846. The van der Waals surface area contributed by atoms with E-state index < -0.39 is 11.9 Å². The van der Waals surface area contributed by atoms with E-state index in [0.29, 0.717) is 6.61 Å². The molecule has 0 aliphatic carbocycles. The first kappa shape index (κ1) is 14.4. The van der Waals surface area contributed by atoms with Gasteiger partial charge in [-0.25, -0.2) is 0 Å². The lowest BCUT2D eigenvalue weighted by Gasteiger charge is -2.25. The summed E-state index contributed by atoms with van der Waals surface area (Å²) in [6.45, 7) is 4.68. The molecule has 0 radical (unpaired) electrons. The third-order valence-electron chi connectivity index (χ3n) is 3.63. The van der Waals surface area contributed by atoms with Gasteiger partial charge >= 0.3 is 5.97 Å². The molecule has 1 aromatic rings. The number of carbonyl (C=O) groups excluding carboxylic acids is 1. The summed E-state index contributed by atoms with van der Waals surface area (Å²) in [6.07, 6.45) is 0.0881. The minimum atomic E-state index is -0.906. The van der Waals surface area contributed by atoms with Crippen LogP contribution in [0, 0.1) is 5.92 Å². The van der Waals surface area contributed by atoms with Gasteiger partial charge in [-0.1, -0.05) is 12.1 Å². The van der Waals surface area contributed by atoms with E-state index in [1.807, 2.05) is 38.1 Å². The zero-order chi connectivity index (χ0) is 14.7. The number of hydrogen-bond donors (Lipinski definition) is 1. The fourth-order valence-corrected chi connectivity index (χ4v) is 2.48. The van der Waals surface area contributed by atoms with Gasteiger partial charge in [0.2, 0.25) is 5.91 Å². The van der Waals surface area contributed by atoms with E-state index in [1.165, 1.54) is 0 Å². The van der Waals surface area contributed by atoms with Gasteiger partial charge in [0.1, 0.15) is 5.75 Å². The van der Waals surface area contributed by atoms with Crippen LogP contribution in [0.5, 0.6) is 5.75 Å². The molecule has 1 aliphatic rings. The molecular formula is C15H19NO4. The lowest BCUT2D eigenvalue weighted by atomic mass is 10.1. The number of carboxylic acid groups (broad SMARTS) is 1. The summed E-state index contributed by atoms with van der Waals surface area (Å²) >= 11 is 0. The normalized spacial score (nSPS) is 20.0. The van der Waals surface area contributed by atoms with E-state index in [9.17, 15) is 9.59 Å². The Kier molecular flexibility index (Phi) is 4.27. The van der Waals surface area contributed by atoms with Gasteiger partial charge in [-0.2, -0.15) is 0 Å². The molecule has 2 unspecified atom stereocenters. The second-order valence-corrected chi connectivity index (χ2v) is 4.97. The summed E-state index contributed by atoms with van der Waals surface area (Å²) in [5.41, 5.74) is 0.954. The van der Waals surface area contributed by atoms with E-state index in [1.54, 1.807) is 4.90 Å². The number of carbonyl (C=O) groups is 2. The van der Waals surface area contributed by atoms with Gasteiger partial charge in [0.25, 0.3) is 0 Å². The number of rotatable bonds is 5. The van der Waals surface area contributed by atoms with Gasteiger partial charge in [-0.05, 0) is 31.5 Å². The van der Waals surface area contributed by atoms with E-state index >= 15 is 0 Å². The highest BCUT2D eigenvalue weighted by molar-refractivity contribution is 5.86. The lowest BCUT2D eigenvalue weighted by molar-refractivity contribution is -0.141. The maximum Gasteiger partial charge on any atom is 0.308 e. The molecule has 1 N–H and O–H groups in total. The molecule has 5 nitrogen and oxygen atoms in total. The summed E-state index contributed by atoms with van der Waals surface area (Å²) in [6, 6.07) is 7.43. The molecule has 1 heterocycles. The largest absolute Gasteiger partial charge is 0.494 e. The number of amides is 1. The number of carboxylic acids is 1. The number of ether oxygens (including phenoxy) is 1. The standard InChI is InChI=1S/C15H19NO4/c1-3-20-13-6-4-5-11(7-13)10(2)16-9-12(15(18)19)8-14(16)17/h4-7,10,12H,3,8-9H2,1-2H3,(H,18,19). The van der Waals surface area contributed by atoms with Crippen LogP contribution in [0.1, 0.15) is 31.9 Å². The molecule has 1 amide bonds. The van der Waals surface area contributed by atoms with Gasteiger partial charge in [0, 0.05) is 13.0 Å². The van der Waals surface area contributed by atoms with Gasteiger partial charge in [0.05, 0.1) is 18.6 Å². The van der Waals surface area contributed by atoms with Crippen molar-refractivity contribution in [2.75, 3.05) is 13.2 Å². The lowest BCUT2D eigenvalue weighted by Crippen LogP contribution is -2.29. The number of nitrogens with zero attached hydrogens (tertiary/aromatic N) is 1. The Hall–Kier alpha value is -2.04. The van der Waals surface area contributed by atoms with Gasteiger partial charge in [-0.3, -0.25) is 9.59 Å². The second kappa shape index (κ2) is 5.94. The van der Waals surface area contributed by atoms with Crippen molar-refractivity contribution in [3.8, 4) is 5.75 Å².